The van der Waals surface area contributed by atoms with Gasteiger partial charge in [0.2, 0.25) is 15.9 Å². The molecule has 0 aromatic rings. The third kappa shape index (κ3) is 4.33. The number of hydrazine groups is 1. The van der Waals surface area contributed by atoms with E-state index in [9.17, 15) is 23.3 Å². The molecule has 0 bridgehead atoms. The molecule has 5 aliphatic rings. The van der Waals surface area contributed by atoms with Crippen LogP contribution in [0.2, 0.25) is 0 Å². The number of carbonyl (C=O) groups excluding carboxylic acids is 2. The Balaban J connectivity index is 1.37. The van der Waals surface area contributed by atoms with Gasteiger partial charge in [0, 0.05) is 50.6 Å². The predicted octanol–water partition coefficient (Wildman–Crippen LogP) is -0.134. The Kier molecular flexibility index (Phi) is 5.92. The van der Waals surface area contributed by atoms with Crippen LogP contribution in [0.1, 0.15) is 39.0 Å². The standard InChI is InChI=1S/C22H34N6O5S/c1-21(13-33-14-21)12-28-18-4-3-16(34(31,32)25-22(11-23)5-6-22)7-17(18)19(29)27(20(28)30)10-15-8-24-26(2)9-15/h15-18,24-25H,3-10,12-14H2,1-2H3. The zero-order valence-electron chi connectivity index (χ0n) is 19.8. The van der Waals surface area contributed by atoms with Crippen LogP contribution in [0, 0.1) is 28.6 Å². The van der Waals surface area contributed by atoms with Gasteiger partial charge in [0.05, 0.1) is 30.5 Å². The van der Waals surface area contributed by atoms with E-state index < -0.39 is 26.7 Å². The molecular formula is C22H34N6O5S. The van der Waals surface area contributed by atoms with Crippen molar-refractivity contribution < 1.29 is 22.7 Å². The van der Waals surface area contributed by atoms with E-state index in [1.54, 1.807) is 0 Å². The molecule has 0 radical (unpaired) electrons. The minimum absolute atomic E-state index is 0.120. The van der Waals surface area contributed by atoms with Crippen molar-refractivity contribution in [1.29, 1.82) is 5.26 Å². The van der Waals surface area contributed by atoms with Crippen LogP contribution in [0.5, 0.6) is 0 Å². The maximum Gasteiger partial charge on any atom is 0.327 e. The number of imide groups is 1. The number of hydrogen-bond acceptors (Lipinski definition) is 8. The van der Waals surface area contributed by atoms with E-state index in [4.69, 9.17) is 4.74 Å². The predicted molar refractivity (Wildman–Crippen MR) is 121 cm³/mol. The Hall–Kier alpha value is -1.78. The molecule has 4 atom stereocenters. The highest BCUT2D eigenvalue weighted by Crippen LogP contribution is 2.41. The maximum absolute atomic E-state index is 13.6. The number of carbonyl (C=O) groups is 2. The lowest BCUT2D eigenvalue weighted by molar-refractivity contribution is -0.147. The molecule has 3 aliphatic heterocycles. The van der Waals surface area contributed by atoms with Gasteiger partial charge in [-0.2, -0.15) is 9.98 Å². The normalized spacial score (nSPS) is 35.0. The first kappa shape index (κ1) is 23.9. The number of nitriles is 1. The minimum Gasteiger partial charge on any atom is -0.380 e. The summed E-state index contributed by atoms with van der Waals surface area (Å²) in [6, 6.07) is 1.50. The van der Waals surface area contributed by atoms with Crippen LogP contribution < -0.4 is 10.1 Å². The molecule has 3 saturated heterocycles. The molecule has 5 fully saturated rings. The zero-order chi connectivity index (χ0) is 24.3. The van der Waals surface area contributed by atoms with Gasteiger partial charge in [-0.1, -0.05) is 6.92 Å². The van der Waals surface area contributed by atoms with E-state index in [2.05, 4.69) is 23.1 Å². The third-order valence-corrected chi connectivity index (χ3v) is 10.0. The van der Waals surface area contributed by atoms with Crippen LogP contribution in [0.15, 0.2) is 0 Å². The highest BCUT2D eigenvalue weighted by Gasteiger charge is 2.54. The first-order valence-corrected chi connectivity index (χ1v) is 13.7. The number of amides is 3. The van der Waals surface area contributed by atoms with Crippen molar-refractivity contribution in [2.24, 2.45) is 17.3 Å². The van der Waals surface area contributed by atoms with Crippen LogP contribution in [0.4, 0.5) is 4.79 Å². The molecule has 0 spiro atoms. The van der Waals surface area contributed by atoms with Gasteiger partial charge in [0.15, 0.2) is 0 Å². The number of hydrogen-bond donors (Lipinski definition) is 2. The smallest absolute Gasteiger partial charge is 0.327 e. The number of fused-ring (bicyclic) bond motifs is 1. The van der Waals surface area contributed by atoms with E-state index in [1.807, 2.05) is 17.0 Å². The Labute approximate surface area is 200 Å². The third-order valence-electron chi connectivity index (χ3n) is 8.04. The molecule has 5 rings (SSSR count). The summed E-state index contributed by atoms with van der Waals surface area (Å²) >= 11 is 0. The molecule has 0 aromatic heterocycles. The fourth-order valence-corrected chi connectivity index (χ4v) is 7.70. The van der Waals surface area contributed by atoms with Gasteiger partial charge in [0.25, 0.3) is 0 Å². The topological polar surface area (TPSA) is 135 Å². The van der Waals surface area contributed by atoms with Crippen LogP contribution in [0.3, 0.4) is 0 Å². The summed E-state index contributed by atoms with van der Waals surface area (Å²) in [5.41, 5.74) is 2.07. The van der Waals surface area contributed by atoms with E-state index >= 15 is 0 Å². The van der Waals surface area contributed by atoms with Gasteiger partial charge in [-0.25, -0.2) is 18.2 Å². The number of sulfonamides is 1. The lowest BCUT2D eigenvalue weighted by Crippen LogP contribution is -2.67. The second-order valence-corrected chi connectivity index (χ2v) is 13.2. The van der Waals surface area contributed by atoms with Crippen LogP contribution in [-0.4, -0.2) is 98.4 Å². The van der Waals surface area contributed by atoms with Crippen molar-refractivity contribution in [1.82, 2.24) is 25.0 Å². The summed E-state index contributed by atoms with van der Waals surface area (Å²) in [6.45, 7) is 5.43. The second kappa shape index (κ2) is 8.41. The van der Waals surface area contributed by atoms with Crippen molar-refractivity contribution in [3.8, 4) is 6.07 Å². The van der Waals surface area contributed by atoms with E-state index in [-0.39, 0.29) is 35.7 Å². The zero-order valence-corrected chi connectivity index (χ0v) is 20.6. The lowest BCUT2D eigenvalue weighted by Gasteiger charge is -2.52. The van der Waals surface area contributed by atoms with Crippen molar-refractivity contribution in [3.63, 3.8) is 0 Å². The van der Waals surface area contributed by atoms with Gasteiger partial charge in [-0.05, 0) is 32.1 Å². The Morgan fingerprint density at radius 2 is 2.00 bits per heavy atom. The Morgan fingerprint density at radius 1 is 1.26 bits per heavy atom. The molecule has 2 aliphatic carbocycles. The first-order valence-electron chi connectivity index (χ1n) is 12.1. The molecule has 2 saturated carbocycles. The minimum atomic E-state index is -3.75. The SMILES string of the molecule is CN1CC(CN2C(=O)C3CC(S(=O)(=O)NC4(C#N)CC4)CCC3N(CC3(C)COC3)C2=O)CN1. The summed E-state index contributed by atoms with van der Waals surface area (Å²) in [5.74, 6) is -0.715. The van der Waals surface area contributed by atoms with Gasteiger partial charge in [0.1, 0.15) is 5.54 Å². The van der Waals surface area contributed by atoms with Crippen molar-refractivity contribution in [3.05, 3.63) is 0 Å². The number of nitrogens with zero attached hydrogens (tertiary/aromatic N) is 4. The fourth-order valence-electron chi connectivity index (χ4n) is 5.83. The van der Waals surface area contributed by atoms with Crippen molar-refractivity contribution in [2.75, 3.05) is 46.4 Å². The van der Waals surface area contributed by atoms with E-state index in [0.29, 0.717) is 58.5 Å². The number of urea groups is 1. The molecule has 3 amide bonds. The molecular weight excluding hydrogens is 460 g/mol. The van der Waals surface area contributed by atoms with Gasteiger partial charge < -0.3 is 9.64 Å². The Bertz CT molecular complexity index is 1000. The van der Waals surface area contributed by atoms with E-state index in [1.165, 1.54) is 4.90 Å². The largest absolute Gasteiger partial charge is 0.380 e. The molecule has 3 heterocycles. The summed E-state index contributed by atoms with van der Waals surface area (Å²) in [6.07, 6.45) is 2.00. The highest BCUT2D eigenvalue weighted by molar-refractivity contribution is 7.90. The number of rotatable bonds is 7. The van der Waals surface area contributed by atoms with Crippen LogP contribution in [-0.2, 0) is 19.6 Å². The highest BCUT2D eigenvalue weighted by atomic mass is 32.2. The first-order chi connectivity index (χ1) is 16.0. The maximum atomic E-state index is 13.6. The molecule has 11 nitrogen and oxygen atoms in total. The quantitative estimate of drug-likeness (QED) is 0.500. The Morgan fingerprint density at radius 3 is 2.56 bits per heavy atom. The average Bonchev–Trinajstić information content (AvgIpc) is 3.42. The molecule has 0 aromatic carbocycles. The number of nitrogens with one attached hydrogen (secondary N) is 2. The summed E-state index contributed by atoms with van der Waals surface area (Å²) < 4.78 is 34.2. The molecule has 2 N–H and O–H groups in total. The van der Waals surface area contributed by atoms with E-state index in [0.717, 1.165) is 6.54 Å². The molecule has 4 unspecified atom stereocenters. The second-order valence-electron chi connectivity index (χ2n) is 11.2. The molecule has 12 heteroatoms. The number of ether oxygens (including phenoxy) is 1. The van der Waals surface area contributed by atoms with Gasteiger partial charge in [-0.3, -0.25) is 15.1 Å². The summed E-state index contributed by atoms with van der Waals surface area (Å²) in [5, 5.41) is 10.5. The summed E-state index contributed by atoms with van der Waals surface area (Å²) in [4.78, 5) is 30.4. The van der Waals surface area contributed by atoms with Gasteiger partial charge >= 0.3 is 6.03 Å². The molecule has 188 valence electrons. The van der Waals surface area contributed by atoms with Crippen molar-refractivity contribution >= 4 is 22.0 Å². The van der Waals surface area contributed by atoms with Crippen molar-refractivity contribution in [2.45, 2.75) is 55.9 Å². The fraction of sp³-hybridized carbons (Fsp3) is 0.864. The van der Waals surface area contributed by atoms with Crippen LogP contribution >= 0.6 is 0 Å². The lowest BCUT2D eigenvalue weighted by atomic mass is 9.78. The van der Waals surface area contributed by atoms with Gasteiger partial charge in [-0.15, -0.1) is 0 Å². The molecule has 34 heavy (non-hydrogen) atoms. The monoisotopic (exact) mass is 494 g/mol. The van der Waals surface area contributed by atoms with Crippen LogP contribution in [0.25, 0.3) is 0 Å². The summed E-state index contributed by atoms with van der Waals surface area (Å²) in [7, 11) is -1.83. The average molecular weight is 495 g/mol.